The second kappa shape index (κ2) is 9.32. The summed E-state index contributed by atoms with van der Waals surface area (Å²) in [6.07, 6.45) is 1.62. The van der Waals surface area contributed by atoms with E-state index in [0.29, 0.717) is 24.6 Å². The summed E-state index contributed by atoms with van der Waals surface area (Å²) in [7, 11) is -3.53. The molecule has 1 aromatic carbocycles. The van der Waals surface area contributed by atoms with Gasteiger partial charge in [0.15, 0.2) is 0 Å². The lowest BCUT2D eigenvalue weighted by molar-refractivity contribution is -0.147. The molecule has 0 bridgehead atoms. The van der Waals surface area contributed by atoms with Crippen LogP contribution in [0.15, 0.2) is 29.2 Å². The van der Waals surface area contributed by atoms with Crippen molar-refractivity contribution in [3.05, 3.63) is 29.8 Å². The van der Waals surface area contributed by atoms with Gasteiger partial charge in [-0.15, -0.1) is 0 Å². The molecular formula is C19H28N2O5S. The van der Waals surface area contributed by atoms with Crippen molar-refractivity contribution < 1.29 is 22.7 Å². The van der Waals surface area contributed by atoms with E-state index in [9.17, 15) is 18.0 Å². The normalized spacial score (nSPS) is 16.3. The number of rotatable bonds is 7. The minimum Gasteiger partial charge on any atom is -0.463 e. The van der Waals surface area contributed by atoms with Crippen molar-refractivity contribution in [2.45, 2.75) is 51.0 Å². The number of sulfonamides is 1. The van der Waals surface area contributed by atoms with Crippen LogP contribution in [0.2, 0.25) is 0 Å². The third kappa shape index (κ3) is 6.04. The third-order valence-electron chi connectivity index (χ3n) is 4.48. The fraction of sp³-hybridized carbons (Fsp3) is 0.579. The molecule has 1 fully saturated rings. The molecule has 8 heteroatoms. The Labute approximate surface area is 161 Å². The standard InChI is InChI=1S/C19H28N2O5S/c1-14(2)26-18(22)8-11-20-19(23)16-4-6-17(7-5-16)27(24,25)21-12-9-15(3)10-13-21/h4-7,14-15H,8-13H2,1-3H3,(H,20,23). The molecule has 1 heterocycles. The van der Waals surface area contributed by atoms with Gasteiger partial charge >= 0.3 is 5.97 Å². The lowest BCUT2D eigenvalue weighted by atomic mass is 10.0. The molecule has 2 rings (SSSR count). The number of benzene rings is 1. The highest BCUT2D eigenvalue weighted by atomic mass is 32.2. The zero-order valence-electron chi connectivity index (χ0n) is 16.1. The van der Waals surface area contributed by atoms with Gasteiger partial charge in [-0.2, -0.15) is 4.31 Å². The largest absolute Gasteiger partial charge is 0.463 e. The molecule has 0 saturated carbocycles. The zero-order chi connectivity index (χ0) is 20.0. The number of carbonyl (C=O) groups excluding carboxylic acids is 2. The summed E-state index contributed by atoms with van der Waals surface area (Å²) in [5.41, 5.74) is 0.346. The molecule has 0 aromatic heterocycles. The topological polar surface area (TPSA) is 92.8 Å². The maximum atomic E-state index is 12.7. The Kier molecular flexibility index (Phi) is 7.38. The van der Waals surface area contributed by atoms with Crippen LogP contribution in [0.1, 0.15) is 50.4 Å². The summed E-state index contributed by atoms with van der Waals surface area (Å²) in [5.74, 6) is -0.189. The third-order valence-corrected chi connectivity index (χ3v) is 6.39. The first kappa shape index (κ1) is 21.4. The van der Waals surface area contributed by atoms with E-state index in [1.807, 2.05) is 0 Å². The quantitative estimate of drug-likeness (QED) is 0.713. The number of nitrogens with one attached hydrogen (secondary N) is 1. The molecule has 0 unspecified atom stereocenters. The molecule has 27 heavy (non-hydrogen) atoms. The van der Waals surface area contributed by atoms with Gasteiger partial charge in [0.05, 0.1) is 17.4 Å². The Bertz CT molecular complexity index is 751. The van der Waals surface area contributed by atoms with E-state index in [2.05, 4.69) is 12.2 Å². The molecule has 1 aliphatic heterocycles. The summed E-state index contributed by atoms with van der Waals surface area (Å²) >= 11 is 0. The maximum absolute atomic E-state index is 12.7. The number of piperidine rings is 1. The van der Waals surface area contributed by atoms with E-state index in [1.165, 1.54) is 28.6 Å². The van der Waals surface area contributed by atoms with E-state index in [4.69, 9.17) is 4.74 Å². The second-order valence-electron chi connectivity index (χ2n) is 7.16. The van der Waals surface area contributed by atoms with Gasteiger partial charge in [0.1, 0.15) is 0 Å². The van der Waals surface area contributed by atoms with E-state index < -0.39 is 10.0 Å². The molecule has 1 saturated heterocycles. The number of nitrogens with zero attached hydrogens (tertiary/aromatic N) is 1. The monoisotopic (exact) mass is 396 g/mol. The highest BCUT2D eigenvalue weighted by molar-refractivity contribution is 7.89. The minimum absolute atomic E-state index is 0.0871. The SMILES string of the molecule is CC1CCN(S(=O)(=O)c2ccc(C(=O)NCCC(=O)OC(C)C)cc2)CC1. The molecule has 0 radical (unpaired) electrons. The lowest BCUT2D eigenvalue weighted by Crippen LogP contribution is -2.37. The first-order valence-electron chi connectivity index (χ1n) is 9.28. The van der Waals surface area contributed by atoms with Crippen molar-refractivity contribution in [2.24, 2.45) is 5.92 Å². The minimum atomic E-state index is -3.53. The van der Waals surface area contributed by atoms with Crippen LogP contribution in [0.5, 0.6) is 0 Å². The van der Waals surface area contributed by atoms with Gasteiger partial charge in [-0.25, -0.2) is 8.42 Å². The van der Waals surface area contributed by atoms with Crippen LogP contribution in [-0.4, -0.2) is 50.3 Å². The summed E-state index contributed by atoms with van der Waals surface area (Å²) in [6.45, 7) is 6.86. The Hall–Kier alpha value is -1.93. The molecule has 1 N–H and O–H groups in total. The Morgan fingerprint density at radius 2 is 1.78 bits per heavy atom. The zero-order valence-corrected chi connectivity index (χ0v) is 16.9. The van der Waals surface area contributed by atoms with Gasteiger partial charge in [0.25, 0.3) is 5.91 Å². The van der Waals surface area contributed by atoms with Crippen molar-refractivity contribution in [3.8, 4) is 0 Å². The molecule has 0 spiro atoms. The Morgan fingerprint density at radius 1 is 1.19 bits per heavy atom. The van der Waals surface area contributed by atoms with Crippen LogP contribution in [-0.2, 0) is 19.6 Å². The Balaban J connectivity index is 1.92. The van der Waals surface area contributed by atoms with Crippen molar-refractivity contribution in [1.82, 2.24) is 9.62 Å². The predicted octanol–water partition coefficient (Wildman–Crippen LogP) is 2.18. The van der Waals surface area contributed by atoms with E-state index in [1.54, 1.807) is 13.8 Å². The Morgan fingerprint density at radius 3 is 2.33 bits per heavy atom. The molecule has 150 valence electrons. The number of amides is 1. The van der Waals surface area contributed by atoms with Crippen molar-refractivity contribution in [3.63, 3.8) is 0 Å². The van der Waals surface area contributed by atoms with E-state index >= 15 is 0 Å². The highest BCUT2D eigenvalue weighted by Crippen LogP contribution is 2.23. The van der Waals surface area contributed by atoms with Crippen LogP contribution in [0.4, 0.5) is 0 Å². The molecule has 0 atom stereocenters. The van der Waals surface area contributed by atoms with Crippen molar-refractivity contribution >= 4 is 21.9 Å². The van der Waals surface area contributed by atoms with Crippen molar-refractivity contribution in [1.29, 1.82) is 0 Å². The number of hydrogen-bond donors (Lipinski definition) is 1. The summed E-state index contributed by atoms with van der Waals surface area (Å²) in [6, 6.07) is 5.88. The van der Waals surface area contributed by atoms with Crippen LogP contribution in [0.25, 0.3) is 0 Å². The number of ether oxygens (including phenoxy) is 1. The first-order chi connectivity index (χ1) is 12.7. The average molecular weight is 397 g/mol. The molecule has 1 aliphatic rings. The maximum Gasteiger partial charge on any atom is 0.307 e. The van der Waals surface area contributed by atoms with Crippen LogP contribution < -0.4 is 5.32 Å². The van der Waals surface area contributed by atoms with Gasteiger partial charge in [-0.05, 0) is 56.9 Å². The smallest absolute Gasteiger partial charge is 0.307 e. The fourth-order valence-electron chi connectivity index (χ4n) is 2.85. The summed E-state index contributed by atoms with van der Waals surface area (Å²) < 4.78 is 31.9. The van der Waals surface area contributed by atoms with Gasteiger partial charge in [-0.3, -0.25) is 9.59 Å². The highest BCUT2D eigenvalue weighted by Gasteiger charge is 2.28. The van der Waals surface area contributed by atoms with E-state index in [-0.39, 0.29) is 35.8 Å². The van der Waals surface area contributed by atoms with Gasteiger partial charge in [0, 0.05) is 25.2 Å². The summed E-state index contributed by atoms with van der Waals surface area (Å²) in [5, 5.41) is 2.63. The summed E-state index contributed by atoms with van der Waals surface area (Å²) in [4.78, 5) is 23.8. The molecular weight excluding hydrogens is 368 g/mol. The number of esters is 1. The molecule has 0 aliphatic carbocycles. The van der Waals surface area contributed by atoms with Gasteiger partial charge in [0.2, 0.25) is 10.0 Å². The number of hydrogen-bond acceptors (Lipinski definition) is 5. The second-order valence-corrected chi connectivity index (χ2v) is 9.09. The molecule has 1 amide bonds. The molecule has 7 nitrogen and oxygen atoms in total. The van der Waals surface area contributed by atoms with Crippen LogP contribution in [0, 0.1) is 5.92 Å². The first-order valence-corrected chi connectivity index (χ1v) is 10.7. The van der Waals surface area contributed by atoms with Gasteiger partial charge < -0.3 is 10.1 Å². The lowest BCUT2D eigenvalue weighted by Gasteiger charge is -2.29. The number of carbonyl (C=O) groups is 2. The van der Waals surface area contributed by atoms with E-state index in [0.717, 1.165) is 12.8 Å². The average Bonchev–Trinajstić information content (AvgIpc) is 2.61. The fourth-order valence-corrected chi connectivity index (χ4v) is 4.32. The molecule has 1 aromatic rings. The predicted molar refractivity (Wildman–Crippen MR) is 102 cm³/mol. The van der Waals surface area contributed by atoms with Gasteiger partial charge in [-0.1, -0.05) is 6.92 Å². The van der Waals surface area contributed by atoms with Crippen LogP contribution in [0.3, 0.4) is 0 Å². The van der Waals surface area contributed by atoms with Crippen LogP contribution >= 0.6 is 0 Å². The van der Waals surface area contributed by atoms with Crippen molar-refractivity contribution in [2.75, 3.05) is 19.6 Å².